The molecule has 0 aromatic heterocycles. The van der Waals surface area contributed by atoms with E-state index in [4.69, 9.17) is 16.3 Å². The van der Waals surface area contributed by atoms with Gasteiger partial charge in [-0.2, -0.15) is 0 Å². The van der Waals surface area contributed by atoms with Gasteiger partial charge in [-0.1, -0.05) is 37.5 Å². The molecule has 4 atom stereocenters. The standard InChI is InChI=1S/C18H25ClO3S/c1-5-7-8-15-17(4,16(20)22-6-2)18(15,19)23(21)14-11-9-13(3)10-12-14/h9-12,15H,5-8H2,1-4H3/t15-,17+,18+,23?/m1/s1. The van der Waals surface area contributed by atoms with Crippen LogP contribution in [0, 0.1) is 18.3 Å². The highest BCUT2D eigenvalue weighted by atomic mass is 35.5. The highest BCUT2D eigenvalue weighted by Gasteiger charge is 2.81. The number of carbonyl (C=O) groups is 1. The largest absolute Gasteiger partial charge is 0.465 e. The molecule has 1 aromatic carbocycles. The first-order valence-electron chi connectivity index (χ1n) is 8.18. The van der Waals surface area contributed by atoms with Crippen LogP contribution in [0.5, 0.6) is 0 Å². The summed E-state index contributed by atoms with van der Waals surface area (Å²) < 4.78 is 17.3. The first-order chi connectivity index (χ1) is 10.8. The molecule has 1 aliphatic carbocycles. The van der Waals surface area contributed by atoms with E-state index in [2.05, 4.69) is 6.92 Å². The summed E-state index contributed by atoms with van der Waals surface area (Å²) in [5.41, 5.74) is 0.205. The van der Waals surface area contributed by atoms with Gasteiger partial charge in [-0.25, -0.2) is 0 Å². The molecule has 128 valence electrons. The monoisotopic (exact) mass is 356 g/mol. The van der Waals surface area contributed by atoms with E-state index in [1.165, 1.54) is 0 Å². The van der Waals surface area contributed by atoms with Crippen molar-refractivity contribution in [2.75, 3.05) is 6.61 Å². The number of benzene rings is 1. The van der Waals surface area contributed by atoms with E-state index in [1.807, 2.05) is 31.2 Å². The Morgan fingerprint density at radius 3 is 2.43 bits per heavy atom. The number of carbonyl (C=O) groups excluding carboxylic acids is 1. The molecule has 0 spiro atoms. The third-order valence-electron chi connectivity index (χ3n) is 4.82. The maximum absolute atomic E-state index is 13.1. The molecule has 1 aliphatic rings. The fraction of sp³-hybridized carbons (Fsp3) is 0.611. The van der Waals surface area contributed by atoms with E-state index in [1.54, 1.807) is 13.8 Å². The molecule has 0 heterocycles. The van der Waals surface area contributed by atoms with E-state index < -0.39 is 20.4 Å². The Kier molecular flexibility index (Phi) is 5.57. The van der Waals surface area contributed by atoms with Crippen LogP contribution >= 0.6 is 11.6 Å². The van der Waals surface area contributed by atoms with Crippen molar-refractivity contribution in [3.05, 3.63) is 29.8 Å². The van der Waals surface area contributed by atoms with Crippen LogP contribution in [0.4, 0.5) is 0 Å². The van der Waals surface area contributed by atoms with Crippen molar-refractivity contribution < 1.29 is 13.7 Å². The highest BCUT2D eigenvalue weighted by molar-refractivity contribution is 7.88. The molecule has 0 N–H and O–H groups in total. The SMILES string of the molecule is CCCC[C@@H]1[C@@](C)(C(=O)OCC)[C@@]1(Cl)S(=O)c1ccc(C)cc1. The Morgan fingerprint density at radius 2 is 1.91 bits per heavy atom. The molecule has 0 radical (unpaired) electrons. The van der Waals surface area contributed by atoms with E-state index >= 15 is 0 Å². The molecule has 5 heteroatoms. The number of esters is 1. The number of halogens is 1. The minimum Gasteiger partial charge on any atom is -0.465 e. The minimum absolute atomic E-state index is 0.127. The second-order valence-corrected chi connectivity index (χ2v) is 8.82. The lowest BCUT2D eigenvalue weighted by Crippen LogP contribution is -2.27. The molecule has 0 bridgehead atoms. The third kappa shape index (κ3) is 2.96. The second kappa shape index (κ2) is 6.94. The summed E-state index contributed by atoms with van der Waals surface area (Å²) in [5.74, 6) is -0.464. The fourth-order valence-corrected chi connectivity index (χ4v) is 5.87. The Balaban J connectivity index is 2.33. The van der Waals surface area contributed by atoms with Crippen molar-refractivity contribution in [1.29, 1.82) is 0 Å². The summed E-state index contributed by atoms with van der Waals surface area (Å²) in [7, 11) is -1.46. The van der Waals surface area contributed by atoms with Crippen LogP contribution in [-0.4, -0.2) is 21.0 Å². The van der Waals surface area contributed by atoms with Crippen LogP contribution in [0.25, 0.3) is 0 Å². The zero-order chi connectivity index (χ0) is 17.3. The number of ether oxygens (including phenoxy) is 1. The zero-order valence-corrected chi connectivity index (χ0v) is 15.8. The molecule has 0 saturated heterocycles. The Morgan fingerprint density at radius 1 is 1.30 bits per heavy atom. The van der Waals surface area contributed by atoms with Crippen molar-refractivity contribution in [3.8, 4) is 0 Å². The highest BCUT2D eigenvalue weighted by Crippen LogP contribution is 2.71. The molecular weight excluding hydrogens is 332 g/mol. The number of rotatable bonds is 7. The van der Waals surface area contributed by atoms with Gasteiger partial charge in [-0.15, -0.1) is 11.6 Å². The molecule has 1 fully saturated rings. The molecule has 1 aromatic rings. The average Bonchev–Trinajstić information content (AvgIpc) is 3.03. The summed E-state index contributed by atoms with van der Waals surface area (Å²) in [6, 6.07) is 7.49. The summed E-state index contributed by atoms with van der Waals surface area (Å²) >= 11 is 6.81. The van der Waals surface area contributed by atoms with Crippen LogP contribution in [0.15, 0.2) is 29.2 Å². The van der Waals surface area contributed by atoms with E-state index in [-0.39, 0.29) is 11.9 Å². The number of hydrogen-bond donors (Lipinski definition) is 0. The number of alkyl halides is 1. The molecule has 0 amide bonds. The topological polar surface area (TPSA) is 43.4 Å². The van der Waals surface area contributed by atoms with Crippen molar-refractivity contribution in [3.63, 3.8) is 0 Å². The zero-order valence-electron chi connectivity index (χ0n) is 14.2. The van der Waals surface area contributed by atoms with Gasteiger partial charge in [-0.3, -0.25) is 9.00 Å². The van der Waals surface area contributed by atoms with Gasteiger partial charge in [0.15, 0.2) is 0 Å². The first kappa shape index (κ1) is 18.5. The molecule has 1 unspecified atom stereocenters. The van der Waals surface area contributed by atoms with Gasteiger partial charge in [0.2, 0.25) is 0 Å². The predicted molar refractivity (Wildman–Crippen MR) is 93.9 cm³/mol. The van der Waals surface area contributed by atoms with Gasteiger partial charge in [0.25, 0.3) is 0 Å². The second-order valence-electron chi connectivity index (χ2n) is 6.34. The Bertz CT molecular complexity index is 601. The van der Waals surface area contributed by atoms with Gasteiger partial charge in [-0.05, 0) is 39.3 Å². The van der Waals surface area contributed by atoms with Gasteiger partial charge in [0.05, 0.1) is 17.4 Å². The lowest BCUT2D eigenvalue weighted by molar-refractivity contribution is -0.149. The number of aryl methyl sites for hydroxylation is 1. The third-order valence-corrected chi connectivity index (χ3v) is 7.85. The molecule has 0 aliphatic heterocycles. The number of unbranched alkanes of at least 4 members (excludes halogenated alkanes) is 1. The average molecular weight is 357 g/mol. The summed E-state index contributed by atoms with van der Waals surface area (Å²) in [6.07, 6.45) is 2.76. The van der Waals surface area contributed by atoms with Gasteiger partial charge in [0, 0.05) is 10.8 Å². The van der Waals surface area contributed by atoms with E-state index in [0.29, 0.717) is 11.5 Å². The van der Waals surface area contributed by atoms with Crippen LogP contribution in [-0.2, 0) is 20.3 Å². The molecule has 3 nitrogen and oxygen atoms in total. The van der Waals surface area contributed by atoms with Crippen LogP contribution in [0.3, 0.4) is 0 Å². The maximum atomic E-state index is 13.1. The Hall–Kier alpha value is -0.870. The van der Waals surface area contributed by atoms with E-state index in [9.17, 15) is 9.00 Å². The molecule has 2 rings (SSSR count). The minimum atomic E-state index is -1.46. The van der Waals surface area contributed by atoms with Crippen molar-refractivity contribution in [2.45, 2.75) is 56.1 Å². The molecule has 1 saturated carbocycles. The van der Waals surface area contributed by atoms with Crippen LogP contribution in [0.2, 0.25) is 0 Å². The van der Waals surface area contributed by atoms with Gasteiger partial charge < -0.3 is 4.74 Å². The number of hydrogen-bond acceptors (Lipinski definition) is 3. The van der Waals surface area contributed by atoms with Crippen molar-refractivity contribution >= 4 is 28.4 Å². The Labute approximate surface area is 146 Å². The lowest BCUT2D eigenvalue weighted by Gasteiger charge is -2.15. The lowest BCUT2D eigenvalue weighted by atomic mass is 10.0. The van der Waals surface area contributed by atoms with Crippen molar-refractivity contribution in [1.82, 2.24) is 0 Å². The van der Waals surface area contributed by atoms with Gasteiger partial charge >= 0.3 is 5.97 Å². The molecule has 23 heavy (non-hydrogen) atoms. The normalized spacial score (nSPS) is 30.7. The fourth-order valence-electron chi connectivity index (χ4n) is 3.23. The summed E-state index contributed by atoms with van der Waals surface area (Å²) in [6.45, 7) is 7.95. The summed E-state index contributed by atoms with van der Waals surface area (Å²) in [4.78, 5) is 13.1. The van der Waals surface area contributed by atoms with E-state index in [0.717, 1.165) is 24.8 Å². The summed E-state index contributed by atoms with van der Waals surface area (Å²) in [5, 5.41) is 0. The quantitative estimate of drug-likeness (QED) is 0.536. The first-order valence-corrected chi connectivity index (χ1v) is 9.71. The van der Waals surface area contributed by atoms with Crippen LogP contribution in [0.1, 0.15) is 45.6 Å². The van der Waals surface area contributed by atoms with Crippen molar-refractivity contribution in [2.24, 2.45) is 11.3 Å². The molecular formula is C18H25ClO3S. The van der Waals surface area contributed by atoms with Gasteiger partial charge in [0.1, 0.15) is 9.62 Å². The maximum Gasteiger partial charge on any atom is 0.314 e. The van der Waals surface area contributed by atoms with Crippen LogP contribution < -0.4 is 0 Å². The predicted octanol–water partition coefficient (Wildman–Crippen LogP) is 4.43. The smallest absolute Gasteiger partial charge is 0.314 e.